The average Bonchev–Trinajstić information content (AvgIpc) is 3.64. The molecule has 0 spiro atoms. The number of H-pyrrole nitrogens is 1. The summed E-state index contributed by atoms with van der Waals surface area (Å²) < 4.78 is 1.91. The number of hydrogen-bond acceptors (Lipinski definition) is 6. The molecule has 0 radical (unpaired) electrons. The van der Waals surface area contributed by atoms with Gasteiger partial charge in [-0.1, -0.05) is 55.5 Å². The molecule has 3 heterocycles. The Balaban J connectivity index is 1.71. The van der Waals surface area contributed by atoms with Crippen molar-refractivity contribution in [1.29, 1.82) is 0 Å². The molecule has 5 aromatic rings. The molecule has 7 nitrogen and oxygen atoms in total. The van der Waals surface area contributed by atoms with Gasteiger partial charge < -0.3 is 4.98 Å². The fourth-order valence-electron chi connectivity index (χ4n) is 5.06. The van der Waals surface area contributed by atoms with Crippen LogP contribution in [0, 0.1) is 13.8 Å². The van der Waals surface area contributed by atoms with Crippen LogP contribution in [0.4, 0.5) is 0 Å². The normalized spacial score (nSPS) is 12.9. The zero-order chi connectivity index (χ0) is 27.6. The Kier molecular flexibility index (Phi) is 7.77. The maximum absolute atomic E-state index is 13.9. The van der Waals surface area contributed by atoms with E-state index < -0.39 is 6.04 Å². The van der Waals surface area contributed by atoms with Gasteiger partial charge in [-0.3, -0.25) is 9.69 Å². The molecule has 0 aliphatic rings. The molecular formula is C31H36N6OS. The summed E-state index contributed by atoms with van der Waals surface area (Å²) in [5.74, 6) is 0.682. The number of nitrogens with zero attached hydrogens (tertiary/aromatic N) is 5. The molecule has 3 aromatic heterocycles. The van der Waals surface area contributed by atoms with Crippen LogP contribution in [0.5, 0.6) is 0 Å². The largest absolute Gasteiger partial charge is 0.321 e. The lowest BCUT2D eigenvalue weighted by Crippen LogP contribution is -2.39. The maximum Gasteiger partial charge on any atom is 0.253 e. The summed E-state index contributed by atoms with van der Waals surface area (Å²) in [4.78, 5) is 20.7. The van der Waals surface area contributed by atoms with Gasteiger partial charge in [-0.05, 0) is 85.2 Å². The van der Waals surface area contributed by atoms with E-state index in [4.69, 9.17) is 0 Å². The minimum Gasteiger partial charge on any atom is -0.321 e. The molecule has 8 heteroatoms. The van der Waals surface area contributed by atoms with Crippen molar-refractivity contribution in [3.8, 4) is 0 Å². The average molecular weight is 541 g/mol. The van der Waals surface area contributed by atoms with Crippen LogP contribution in [0.1, 0.15) is 66.2 Å². The molecule has 1 atom stereocenters. The highest BCUT2D eigenvalue weighted by Crippen LogP contribution is 2.33. The number of pyridine rings is 1. The third-order valence-electron chi connectivity index (χ3n) is 7.78. The van der Waals surface area contributed by atoms with Gasteiger partial charge in [0.25, 0.3) is 5.56 Å². The lowest BCUT2D eigenvalue weighted by atomic mass is 9.97. The van der Waals surface area contributed by atoms with Crippen LogP contribution in [0.2, 0.25) is 0 Å². The molecule has 0 amide bonds. The van der Waals surface area contributed by atoms with Gasteiger partial charge in [-0.15, -0.1) is 16.4 Å². The molecule has 0 fully saturated rings. The lowest BCUT2D eigenvalue weighted by Gasteiger charge is -2.33. The van der Waals surface area contributed by atoms with Crippen molar-refractivity contribution in [3.05, 3.63) is 109 Å². The van der Waals surface area contributed by atoms with Crippen LogP contribution in [0.25, 0.3) is 10.9 Å². The molecule has 1 N–H and O–H groups in total. The van der Waals surface area contributed by atoms with E-state index in [1.54, 1.807) is 11.3 Å². The van der Waals surface area contributed by atoms with Crippen molar-refractivity contribution in [2.24, 2.45) is 0 Å². The number of thiophene rings is 1. The number of benzene rings is 2. The molecule has 39 heavy (non-hydrogen) atoms. The second kappa shape index (κ2) is 11.2. The highest BCUT2D eigenvalue weighted by atomic mass is 32.1. The first-order valence-corrected chi connectivity index (χ1v) is 14.4. The Hall–Kier alpha value is -3.62. The Morgan fingerprint density at radius 2 is 1.82 bits per heavy atom. The first-order chi connectivity index (χ1) is 18.8. The first kappa shape index (κ1) is 27.0. The second-order valence-corrected chi connectivity index (χ2v) is 11.9. The Bertz CT molecular complexity index is 1600. The first-order valence-electron chi connectivity index (χ1n) is 13.5. The van der Waals surface area contributed by atoms with E-state index in [2.05, 4.69) is 113 Å². The fourth-order valence-corrected chi connectivity index (χ4v) is 5.79. The standard InChI is InChI=1S/C31H36N6OS/c1-6-31(4,5)37-29(33-34-35-37)28(26-19-25-21(2)14-15-22(3)27(25)32-30(26)38)36(20-24-13-10-18-39-24)17-16-23-11-8-7-9-12-23/h7-15,18-19,28H,6,16-17,20H2,1-5H3,(H,32,38). The summed E-state index contributed by atoms with van der Waals surface area (Å²) in [7, 11) is 0. The van der Waals surface area contributed by atoms with Gasteiger partial charge in [0.05, 0.1) is 11.1 Å². The number of fused-ring (bicyclic) bond motifs is 1. The highest BCUT2D eigenvalue weighted by Gasteiger charge is 2.34. The molecule has 0 aliphatic carbocycles. The third kappa shape index (κ3) is 5.58. The van der Waals surface area contributed by atoms with E-state index in [0.717, 1.165) is 41.4 Å². The predicted octanol–water partition coefficient (Wildman–Crippen LogP) is 6.17. The van der Waals surface area contributed by atoms with Crippen LogP contribution < -0.4 is 5.56 Å². The number of aromatic amines is 1. The van der Waals surface area contributed by atoms with Crippen LogP contribution in [-0.2, 0) is 18.5 Å². The van der Waals surface area contributed by atoms with E-state index >= 15 is 0 Å². The van der Waals surface area contributed by atoms with Gasteiger partial charge in [0, 0.05) is 28.9 Å². The number of aryl methyl sites for hydroxylation is 2. The van der Waals surface area contributed by atoms with Gasteiger partial charge in [-0.2, -0.15) is 0 Å². The van der Waals surface area contributed by atoms with Gasteiger partial charge in [-0.25, -0.2) is 4.68 Å². The summed E-state index contributed by atoms with van der Waals surface area (Å²) >= 11 is 1.72. The molecule has 0 saturated carbocycles. The lowest BCUT2D eigenvalue weighted by molar-refractivity contribution is 0.191. The summed E-state index contributed by atoms with van der Waals surface area (Å²) in [6.07, 6.45) is 1.68. The predicted molar refractivity (Wildman–Crippen MR) is 158 cm³/mol. The topological polar surface area (TPSA) is 79.7 Å². The minimum absolute atomic E-state index is 0.110. The summed E-state index contributed by atoms with van der Waals surface area (Å²) in [5.41, 5.74) is 4.53. The van der Waals surface area contributed by atoms with E-state index in [1.807, 2.05) is 17.7 Å². The molecular weight excluding hydrogens is 504 g/mol. The third-order valence-corrected chi connectivity index (χ3v) is 8.64. The molecule has 5 rings (SSSR count). The van der Waals surface area contributed by atoms with E-state index in [1.165, 1.54) is 10.4 Å². The van der Waals surface area contributed by atoms with Crippen molar-refractivity contribution >= 4 is 22.2 Å². The zero-order valence-electron chi connectivity index (χ0n) is 23.3. The number of hydrogen-bond donors (Lipinski definition) is 1. The van der Waals surface area contributed by atoms with Crippen molar-refractivity contribution in [2.45, 2.75) is 65.6 Å². The van der Waals surface area contributed by atoms with Crippen molar-refractivity contribution in [3.63, 3.8) is 0 Å². The SMILES string of the molecule is CCC(C)(C)n1nnnc1C(c1cc2c(C)ccc(C)c2[nH]c1=O)N(CCc1ccccc1)Cc1cccs1. The summed E-state index contributed by atoms with van der Waals surface area (Å²) in [5, 5.41) is 16.3. The van der Waals surface area contributed by atoms with E-state index in [0.29, 0.717) is 17.9 Å². The van der Waals surface area contributed by atoms with Gasteiger partial charge in [0.2, 0.25) is 0 Å². The number of rotatable bonds is 10. The Morgan fingerprint density at radius 3 is 2.54 bits per heavy atom. The quantitative estimate of drug-likeness (QED) is 0.229. The fraction of sp³-hybridized carbons (Fsp3) is 0.355. The van der Waals surface area contributed by atoms with Gasteiger partial charge in [0.1, 0.15) is 6.04 Å². The minimum atomic E-state index is -0.440. The monoisotopic (exact) mass is 540 g/mol. The maximum atomic E-state index is 13.9. The number of tetrazole rings is 1. The highest BCUT2D eigenvalue weighted by molar-refractivity contribution is 7.09. The smallest absolute Gasteiger partial charge is 0.253 e. The van der Waals surface area contributed by atoms with Gasteiger partial charge >= 0.3 is 0 Å². The summed E-state index contributed by atoms with van der Waals surface area (Å²) in [6, 6.07) is 20.5. The van der Waals surface area contributed by atoms with E-state index in [-0.39, 0.29) is 11.1 Å². The van der Waals surface area contributed by atoms with Crippen molar-refractivity contribution in [2.75, 3.05) is 6.54 Å². The van der Waals surface area contributed by atoms with Crippen LogP contribution in [-0.4, -0.2) is 36.6 Å². The zero-order valence-corrected chi connectivity index (χ0v) is 24.1. The van der Waals surface area contributed by atoms with E-state index in [9.17, 15) is 4.79 Å². The molecule has 0 bridgehead atoms. The summed E-state index contributed by atoms with van der Waals surface area (Å²) in [6.45, 7) is 11.9. The molecule has 2 aromatic carbocycles. The number of nitrogens with one attached hydrogen (secondary N) is 1. The number of aromatic nitrogens is 5. The Labute approximate surface area is 233 Å². The Morgan fingerprint density at radius 1 is 1.05 bits per heavy atom. The second-order valence-electron chi connectivity index (χ2n) is 10.8. The van der Waals surface area contributed by atoms with Crippen molar-refractivity contribution in [1.82, 2.24) is 30.1 Å². The molecule has 1 unspecified atom stereocenters. The molecule has 0 aliphatic heterocycles. The van der Waals surface area contributed by atoms with Crippen LogP contribution in [0.3, 0.4) is 0 Å². The van der Waals surface area contributed by atoms with Crippen molar-refractivity contribution < 1.29 is 0 Å². The van der Waals surface area contributed by atoms with Crippen LogP contribution >= 0.6 is 11.3 Å². The van der Waals surface area contributed by atoms with Crippen LogP contribution in [0.15, 0.2) is 70.8 Å². The molecule has 0 saturated heterocycles. The molecule has 202 valence electrons. The van der Waals surface area contributed by atoms with Gasteiger partial charge in [0.15, 0.2) is 5.82 Å².